The van der Waals surface area contributed by atoms with Gasteiger partial charge in [-0.2, -0.15) is 5.26 Å². The molecule has 0 fully saturated rings. The lowest BCUT2D eigenvalue weighted by Gasteiger charge is -2.02. The second-order valence-electron chi connectivity index (χ2n) is 5.12. The highest BCUT2D eigenvalue weighted by molar-refractivity contribution is 6.37. The third-order valence-electron chi connectivity index (χ3n) is 3.79. The Bertz CT molecular complexity index is 1040. The van der Waals surface area contributed by atoms with E-state index in [1.165, 1.54) is 0 Å². The van der Waals surface area contributed by atoms with Crippen LogP contribution < -0.4 is 0 Å². The number of furan rings is 1. The highest BCUT2D eigenvalue weighted by Gasteiger charge is 2.11. The molecule has 0 aliphatic rings. The van der Waals surface area contributed by atoms with Crippen molar-refractivity contribution in [3.8, 4) is 17.2 Å². The summed E-state index contributed by atoms with van der Waals surface area (Å²) in [5.74, 6) is 0. The van der Waals surface area contributed by atoms with E-state index in [9.17, 15) is 0 Å². The quantitative estimate of drug-likeness (QED) is 0.447. The summed E-state index contributed by atoms with van der Waals surface area (Å²) in [5.41, 5.74) is 4.39. The second-order valence-corrected chi connectivity index (χ2v) is 5.52. The van der Waals surface area contributed by atoms with E-state index in [0.717, 1.165) is 33.1 Å². The van der Waals surface area contributed by atoms with Gasteiger partial charge in [0.15, 0.2) is 0 Å². The van der Waals surface area contributed by atoms with Gasteiger partial charge in [-0.3, -0.25) is 0 Å². The SMILES string of the molecule is N#Cc1ccc(-c2ccc3oc4cccc(Cl)c4c3c2)cc1. The lowest BCUT2D eigenvalue weighted by molar-refractivity contribution is 0.669. The summed E-state index contributed by atoms with van der Waals surface area (Å²) in [4.78, 5) is 0. The Labute approximate surface area is 132 Å². The van der Waals surface area contributed by atoms with E-state index in [1.54, 1.807) is 0 Å². The number of fused-ring (bicyclic) bond motifs is 3. The average Bonchev–Trinajstić information content (AvgIpc) is 2.94. The Hall–Kier alpha value is -2.76. The van der Waals surface area contributed by atoms with E-state index in [1.807, 2.05) is 54.6 Å². The van der Waals surface area contributed by atoms with Gasteiger partial charge in [-0.1, -0.05) is 35.9 Å². The van der Waals surface area contributed by atoms with Gasteiger partial charge in [0.05, 0.1) is 16.7 Å². The van der Waals surface area contributed by atoms with E-state index in [4.69, 9.17) is 21.3 Å². The predicted molar refractivity (Wildman–Crippen MR) is 88.9 cm³/mol. The minimum atomic E-state index is 0.654. The van der Waals surface area contributed by atoms with E-state index >= 15 is 0 Å². The molecule has 3 heteroatoms. The number of benzene rings is 3. The first kappa shape index (κ1) is 12.9. The summed E-state index contributed by atoms with van der Waals surface area (Å²) in [5, 5.41) is 11.5. The van der Waals surface area contributed by atoms with Gasteiger partial charge in [-0.15, -0.1) is 0 Å². The molecule has 0 bridgehead atoms. The van der Waals surface area contributed by atoms with Crippen molar-refractivity contribution in [1.82, 2.24) is 0 Å². The van der Waals surface area contributed by atoms with Crippen molar-refractivity contribution < 1.29 is 4.42 Å². The molecule has 0 spiro atoms. The van der Waals surface area contributed by atoms with Crippen molar-refractivity contribution in [3.05, 3.63) is 71.2 Å². The molecule has 4 aromatic rings. The fourth-order valence-corrected chi connectivity index (χ4v) is 2.97. The van der Waals surface area contributed by atoms with Crippen LogP contribution in [0.25, 0.3) is 33.1 Å². The summed E-state index contributed by atoms with van der Waals surface area (Å²) in [6.07, 6.45) is 0. The molecule has 0 radical (unpaired) electrons. The van der Waals surface area contributed by atoms with Crippen molar-refractivity contribution in [1.29, 1.82) is 5.26 Å². The molecule has 0 amide bonds. The van der Waals surface area contributed by atoms with Crippen LogP contribution in [0.3, 0.4) is 0 Å². The predicted octanol–water partition coefficient (Wildman–Crippen LogP) is 5.78. The molecule has 0 unspecified atom stereocenters. The zero-order valence-corrected chi connectivity index (χ0v) is 12.3. The van der Waals surface area contributed by atoms with Crippen LogP contribution in [0.15, 0.2) is 65.1 Å². The van der Waals surface area contributed by atoms with Crippen LogP contribution >= 0.6 is 11.6 Å². The van der Waals surface area contributed by atoms with Gasteiger partial charge >= 0.3 is 0 Å². The maximum Gasteiger partial charge on any atom is 0.136 e. The Morgan fingerprint density at radius 2 is 1.64 bits per heavy atom. The number of hydrogen-bond acceptors (Lipinski definition) is 2. The van der Waals surface area contributed by atoms with Gasteiger partial charge in [0.25, 0.3) is 0 Å². The van der Waals surface area contributed by atoms with E-state index in [2.05, 4.69) is 12.1 Å². The minimum absolute atomic E-state index is 0.654. The molecule has 22 heavy (non-hydrogen) atoms. The zero-order chi connectivity index (χ0) is 15.1. The lowest BCUT2D eigenvalue weighted by atomic mass is 10.0. The second kappa shape index (κ2) is 4.91. The van der Waals surface area contributed by atoms with Crippen molar-refractivity contribution in [2.45, 2.75) is 0 Å². The largest absolute Gasteiger partial charge is 0.456 e. The Morgan fingerprint density at radius 3 is 2.41 bits per heavy atom. The first-order valence-corrected chi connectivity index (χ1v) is 7.25. The molecule has 1 heterocycles. The molecule has 0 atom stereocenters. The minimum Gasteiger partial charge on any atom is -0.456 e. The van der Waals surface area contributed by atoms with Gasteiger partial charge in [-0.25, -0.2) is 0 Å². The number of hydrogen-bond donors (Lipinski definition) is 0. The number of nitrogens with zero attached hydrogens (tertiary/aromatic N) is 1. The first-order valence-electron chi connectivity index (χ1n) is 6.87. The fraction of sp³-hybridized carbons (Fsp3) is 0. The average molecular weight is 304 g/mol. The smallest absolute Gasteiger partial charge is 0.136 e. The van der Waals surface area contributed by atoms with Gasteiger partial charge in [0.1, 0.15) is 11.2 Å². The van der Waals surface area contributed by atoms with Crippen LogP contribution in [0.5, 0.6) is 0 Å². The Balaban J connectivity index is 1.96. The fourth-order valence-electron chi connectivity index (χ4n) is 2.70. The monoisotopic (exact) mass is 303 g/mol. The maximum absolute atomic E-state index is 8.88. The van der Waals surface area contributed by atoms with E-state index in [-0.39, 0.29) is 0 Å². The molecule has 1 aromatic heterocycles. The number of halogens is 1. The molecule has 0 aliphatic carbocycles. The van der Waals surface area contributed by atoms with Crippen molar-refractivity contribution >= 4 is 33.5 Å². The highest BCUT2D eigenvalue weighted by Crippen LogP contribution is 2.36. The Morgan fingerprint density at radius 1 is 0.864 bits per heavy atom. The van der Waals surface area contributed by atoms with Crippen LogP contribution in [-0.2, 0) is 0 Å². The number of nitriles is 1. The molecule has 0 N–H and O–H groups in total. The van der Waals surface area contributed by atoms with Crippen LogP contribution in [0.2, 0.25) is 5.02 Å². The van der Waals surface area contributed by atoms with Gasteiger partial charge in [0.2, 0.25) is 0 Å². The standard InChI is InChI=1S/C19H10ClNO/c20-16-2-1-3-18-19(16)15-10-14(8-9-17(15)22-18)13-6-4-12(11-21)5-7-13/h1-10H. The molecular weight excluding hydrogens is 294 g/mol. The molecule has 0 aliphatic heterocycles. The van der Waals surface area contributed by atoms with Crippen LogP contribution in [0.1, 0.15) is 5.56 Å². The van der Waals surface area contributed by atoms with Crippen molar-refractivity contribution in [2.75, 3.05) is 0 Å². The first-order chi connectivity index (χ1) is 10.8. The van der Waals surface area contributed by atoms with Crippen molar-refractivity contribution in [3.63, 3.8) is 0 Å². The third kappa shape index (κ3) is 1.95. The maximum atomic E-state index is 8.88. The van der Waals surface area contributed by atoms with E-state index < -0.39 is 0 Å². The molecular formula is C19H10ClNO. The van der Waals surface area contributed by atoms with Crippen LogP contribution in [-0.4, -0.2) is 0 Å². The molecule has 2 nitrogen and oxygen atoms in total. The summed E-state index contributed by atoms with van der Waals surface area (Å²) in [6.45, 7) is 0. The summed E-state index contributed by atoms with van der Waals surface area (Å²) < 4.78 is 5.83. The lowest BCUT2D eigenvalue weighted by Crippen LogP contribution is -1.79. The van der Waals surface area contributed by atoms with Gasteiger partial charge in [0, 0.05) is 10.8 Å². The highest BCUT2D eigenvalue weighted by atomic mass is 35.5. The zero-order valence-electron chi connectivity index (χ0n) is 11.5. The molecule has 104 valence electrons. The molecule has 0 saturated carbocycles. The topological polar surface area (TPSA) is 36.9 Å². The van der Waals surface area contributed by atoms with E-state index in [0.29, 0.717) is 10.6 Å². The molecule has 4 rings (SSSR count). The third-order valence-corrected chi connectivity index (χ3v) is 4.11. The van der Waals surface area contributed by atoms with Crippen LogP contribution in [0, 0.1) is 11.3 Å². The molecule has 0 saturated heterocycles. The number of rotatable bonds is 1. The van der Waals surface area contributed by atoms with Crippen LogP contribution in [0.4, 0.5) is 0 Å². The van der Waals surface area contributed by atoms with Crippen molar-refractivity contribution in [2.24, 2.45) is 0 Å². The summed E-state index contributed by atoms with van der Waals surface area (Å²) in [6, 6.07) is 21.4. The normalized spacial score (nSPS) is 10.9. The molecule has 3 aromatic carbocycles. The summed E-state index contributed by atoms with van der Waals surface area (Å²) in [7, 11) is 0. The summed E-state index contributed by atoms with van der Waals surface area (Å²) >= 11 is 6.32. The Kier molecular flexibility index (Phi) is 2.89. The van der Waals surface area contributed by atoms with Gasteiger partial charge < -0.3 is 4.42 Å². The van der Waals surface area contributed by atoms with Gasteiger partial charge in [-0.05, 0) is 47.5 Å².